The van der Waals surface area contributed by atoms with Crippen molar-refractivity contribution in [2.45, 2.75) is 40.5 Å². The van der Waals surface area contributed by atoms with Crippen LogP contribution in [0.3, 0.4) is 0 Å². The summed E-state index contributed by atoms with van der Waals surface area (Å²) in [5, 5.41) is 3.50. The Kier molecular flexibility index (Phi) is 9.52. The molecular weight excluding hydrogens is 773 g/mol. The third-order valence-corrected chi connectivity index (χ3v) is 9.49. The summed E-state index contributed by atoms with van der Waals surface area (Å²) in [6, 6.07) is 39.7. The molecule has 0 aliphatic heterocycles. The molecule has 235 valence electrons. The van der Waals surface area contributed by atoms with Gasteiger partial charge in [0.05, 0.1) is 10.3 Å². The quantitative estimate of drug-likeness (QED) is 0.166. The molecule has 0 saturated carbocycles. The van der Waals surface area contributed by atoms with Crippen LogP contribution >= 0.6 is 11.3 Å². The standard InChI is InChI=1S/C31H26NOS.C11H8N.Ir/c1-17(2)25-15-27(32-16-26(25)28-18(3)8-6-9-19(28)4)24-11-7-10-22-23-13-12-21-14-20(5)34-31(21)30(23)33-29(22)24;1-2-6-10(7-3-1)11-8-4-5-9-12-11;/h6-10,12-17H,1-5H3;1-6,8-9H;/q2*-1;. The van der Waals surface area contributed by atoms with Crippen molar-refractivity contribution < 1.29 is 24.5 Å². The number of hydrogen-bond acceptors (Lipinski definition) is 4. The van der Waals surface area contributed by atoms with E-state index in [1.54, 1.807) is 17.5 Å². The Morgan fingerprint density at radius 1 is 0.723 bits per heavy atom. The third kappa shape index (κ3) is 6.32. The summed E-state index contributed by atoms with van der Waals surface area (Å²) in [4.78, 5) is 10.5. The fourth-order valence-electron chi connectivity index (χ4n) is 6.22. The van der Waals surface area contributed by atoms with Gasteiger partial charge in [0.15, 0.2) is 0 Å². The zero-order valence-electron chi connectivity index (χ0n) is 27.0. The van der Waals surface area contributed by atoms with Gasteiger partial charge in [-0.15, -0.1) is 65.4 Å². The predicted octanol–water partition coefficient (Wildman–Crippen LogP) is 11.9. The number of furan rings is 1. The number of hydrogen-bond donors (Lipinski definition) is 0. The summed E-state index contributed by atoms with van der Waals surface area (Å²) >= 11 is 1.79. The van der Waals surface area contributed by atoms with Gasteiger partial charge in [0.1, 0.15) is 5.58 Å². The molecule has 0 aliphatic carbocycles. The van der Waals surface area contributed by atoms with Gasteiger partial charge in [0, 0.05) is 48.3 Å². The largest absolute Gasteiger partial charge is 0.499 e. The van der Waals surface area contributed by atoms with Gasteiger partial charge < -0.3 is 14.4 Å². The van der Waals surface area contributed by atoms with E-state index in [4.69, 9.17) is 9.40 Å². The van der Waals surface area contributed by atoms with E-state index < -0.39 is 0 Å². The van der Waals surface area contributed by atoms with E-state index in [1.807, 2.05) is 54.7 Å². The second kappa shape index (κ2) is 13.8. The van der Waals surface area contributed by atoms with E-state index in [9.17, 15) is 0 Å². The number of nitrogens with zero attached hydrogens (tertiary/aromatic N) is 2. The fraction of sp³-hybridized carbons (Fsp3) is 0.143. The van der Waals surface area contributed by atoms with Crippen LogP contribution in [0.2, 0.25) is 0 Å². The number of aryl methyl sites for hydroxylation is 3. The van der Waals surface area contributed by atoms with E-state index in [-0.39, 0.29) is 20.1 Å². The first-order valence-corrected chi connectivity index (χ1v) is 16.4. The Bertz CT molecular complexity index is 2260. The molecule has 0 N–H and O–H groups in total. The zero-order chi connectivity index (χ0) is 31.8. The molecule has 4 aromatic carbocycles. The van der Waals surface area contributed by atoms with Gasteiger partial charge in [-0.3, -0.25) is 0 Å². The van der Waals surface area contributed by atoms with Gasteiger partial charge in [-0.2, -0.15) is 0 Å². The molecule has 0 bridgehead atoms. The number of benzene rings is 4. The average Bonchev–Trinajstić information content (AvgIpc) is 3.66. The van der Waals surface area contributed by atoms with Crippen LogP contribution in [0.4, 0.5) is 0 Å². The van der Waals surface area contributed by atoms with E-state index >= 15 is 0 Å². The fourth-order valence-corrected chi connectivity index (χ4v) is 7.22. The van der Waals surface area contributed by atoms with E-state index in [0.29, 0.717) is 5.92 Å². The molecule has 0 spiro atoms. The Hall–Kier alpha value is -4.41. The minimum atomic E-state index is 0. The van der Waals surface area contributed by atoms with Gasteiger partial charge in [-0.1, -0.05) is 73.3 Å². The predicted molar refractivity (Wildman–Crippen MR) is 193 cm³/mol. The second-order valence-corrected chi connectivity index (χ2v) is 13.2. The summed E-state index contributed by atoms with van der Waals surface area (Å²) in [5.41, 5.74) is 12.0. The van der Waals surface area contributed by atoms with Gasteiger partial charge >= 0.3 is 0 Å². The molecule has 1 radical (unpaired) electrons. The van der Waals surface area contributed by atoms with Crippen molar-refractivity contribution >= 4 is 43.4 Å². The molecule has 5 heteroatoms. The van der Waals surface area contributed by atoms with Crippen molar-refractivity contribution in [3.05, 3.63) is 143 Å². The summed E-state index contributed by atoms with van der Waals surface area (Å²) in [7, 11) is 0. The second-order valence-electron chi connectivity index (χ2n) is 12.0. The maximum absolute atomic E-state index is 6.56. The van der Waals surface area contributed by atoms with Crippen LogP contribution in [-0.4, -0.2) is 9.97 Å². The first-order valence-electron chi connectivity index (χ1n) is 15.6. The van der Waals surface area contributed by atoms with Crippen LogP contribution in [0.5, 0.6) is 0 Å². The van der Waals surface area contributed by atoms with Crippen molar-refractivity contribution in [3.8, 4) is 33.6 Å². The van der Waals surface area contributed by atoms with Crippen molar-refractivity contribution in [3.63, 3.8) is 0 Å². The SMILES string of the molecule is Cc1cc2ccc3c4cc[c-]c(-c5cc(C(C)C)c(-c6c(C)cccc6C)cn5)c4oc3c2s1.[Ir].[c-]1ccccc1-c1ccccn1. The number of aromatic nitrogens is 2. The molecule has 0 fully saturated rings. The number of fused-ring (bicyclic) bond motifs is 5. The van der Waals surface area contributed by atoms with Crippen LogP contribution < -0.4 is 0 Å². The summed E-state index contributed by atoms with van der Waals surface area (Å²) in [6.07, 6.45) is 3.83. The number of thiophene rings is 1. The monoisotopic (exact) mass is 807 g/mol. The minimum Gasteiger partial charge on any atom is -0.499 e. The first-order chi connectivity index (χ1) is 22.4. The molecule has 0 aliphatic rings. The molecule has 4 heterocycles. The normalized spacial score (nSPS) is 11.1. The van der Waals surface area contributed by atoms with Crippen LogP contribution in [0.15, 0.2) is 114 Å². The number of rotatable bonds is 4. The van der Waals surface area contributed by atoms with Crippen molar-refractivity contribution in [1.82, 2.24) is 9.97 Å². The Balaban J connectivity index is 0.000000250. The minimum absolute atomic E-state index is 0. The summed E-state index contributed by atoms with van der Waals surface area (Å²) in [5.74, 6) is 0.361. The maximum atomic E-state index is 6.56. The van der Waals surface area contributed by atoms with E-state index in [0.717, 1.165) is 44.5 Å². The van der Waals surface area contributed by atoms with Crippen LogP contribution in [0, 0.1) is 32.9 Å². The maximum Gasteiger partial charge on any atom is 0.138 e. The van der Waals surface area contributed by atoms with Gasteiger partial charge in [0.2, 0.25) is 0 Å². The molecule has 8 aromatic rings. The van der Waals surface area contributed by atoms with E-state index in [1.165, 1.54) is 42.8 Å². The Morgan fingerprint density at radius 2 is 1.51 bits per heavy atom. The Morgan fingerprint density at radius 3 is 2.23 bits per heavy atom. The van der Waals surface area contributed by atoms with E-state index in [2.05, 4.69) is 100 Å². The van der Waals surface area contributed by atoms with Gasteiger partial charge in [-0.05, 0) is 77.8 Å². The average molecular weight is 807 g/mol. The molecule has 0 saturated heterocycles. The molecule has 0 atom stereocenters. The van der Waals surface area contributed by atoms with Gasteiger partial charge in [-0.25, -0.2) is 0 Å². The molecule has 4 aromatic heterocycles. The third-order valence-electron chi connectivity index (χ3n) is 8.42. The van der Waals surface area contributed by atoms with Crippen LogP contribution in [0.1, 0.15) is 41.3 Å². The zero-order valence-corrected chi connectivity index (χ0v) is 30.2. The van der Waals surface area contributed by atoms with Crippen molar-refractivity contribution in [2.24, 2.45) is 0 Å². The molecule has 8 rings (SSSR count). The number of pyridine rings is 2. The summed E-state index contributed by atoms with van der Waals surface area (Å²) < 4.78 is 7.76. The van der Waals surface area contributed by atoms with Crippen molar-refractivity contribution in [2.75, 3.05) is 0 Å². The van der Waals surface area contributed by atoms with Crippen molar-refractivity contribution in [1.29, 1.82) is 0 Å². The molecule has 47 heavy (non-hydrogen) atoms. The smallest absolute Gasteiger partial charge is 0.138 e. The topological polar surface area (TPSA) is 38.9 Å². The first kappa shape index (κ1) is 32.5. The van der Waals surface area contributed by atoms with Gasteiger partial charge in [0.25, 0.3) is 0 Å². The Labute approximate surface area is 293 Å². The molecule has 3 nitrogen and oxygen atoms in total. The summed E-state index contributed by atoms with van der Waals surface area (Å²) in [6.45, 7) is 11.0. The molecule has 0 unspecified atom stereocenters. The molecule has 0 amide bonds. The van der Waals surface area contributed by atoms with Crippen LogP contribution in [-0.2, 0) is 20.1 Å². The van der Waals surface area contributed by atoms with Crippen LogP contribution in [0.25, 0.3) is 65.7 Å². The molecular formula is C42H34IrN2OS-2.